The molecule has 0 aromatic carbocycles. The SMILES string of the molecule is COc1cnc(C)cc1-c1cn(C)c(=O)cc1C(=O)Nc1nnc(OCc2ccc(Cl)cn2)s1. The van der Waals surface area contributed by atoms with Crippen LogP contribution in [0.25, 0.3) is 11.1 Å². The van der Waals surface area contributed by atoms with Crippen LogP contribution >= 0.6 is 22.9 Å². The fourth-order valence-electron chi connectivity index (χ4n) is 3.06. The Kier molecular flexibility index (Phi) is 6.85. The average molecular weight is 499 g/mol. The maximum absolute atomic E-state index is 13.1. The first-order valence-electron chi connectivity index (χ1n) is 9.94. The summed E-state index contributed by atoms with van der Waals surface area (Å²) in [5.74, 6) is -0.0491. The molecular formula is C22H19ClN6O4S. The van der Waals surface area contributed by atoms with Gasteiger partial charge in [0.1, 0.15) is 12.4 Å². The van der Waals surface area contributed by atoms with Gasteiger partial charge >= 0.3 is 0 Å². The van der Waals surface area contributed by atoms with Crippen LogP contribution in [0.15, 0.2) is 47.7 Å². The molecule has 0 aliphatic rings. The number of nitrogens with zero attached hydrogens (tertiary/aromatic N) is 5. The predicted octanol–water partition coefficient (Wildman–Crippen LogP) is 3.50. The molecule has 0 radical (unpaired) electrons. The number of methoxy groups -OCH3 is 1. The van der Waals surface area contributed by atoms with Crippen LogP contribution in [0.4, 0.5) is 5.13 Å². The highest BCUT2D eigenvalue weighted by molar-refractivity contribution is 7.17. The number of halogens is 1. The Morgan fingerprint density at radius 1 is 1.18 bits per heavy atom. The van der Waals surface area contributed by atoms with Gasteiger partial charge in [0.2, 0.25) is 5.13 Å². The van der Waals surface area contributed by atoms with Crippen molar-refractivity contribution < 1.29 is 14.3 Å². The first-order chi connectivity index (χ1) is 16.3. The van der Waals surface area contributed by atoms with Crippen LogP contribution in [-0.4, -0.2) is 37.7 Å². The Morgan fingerprint density at radius 2 is 2.00 bits per heavy atom. The highest BCUT2D eigenvalue weighted by atomic mass is 35.5. The van der Waals surface area contributed by atoms with Crippen molar-refractivity contribution in [3.63, 3.8) is 0 Å². The highest BCUT2D eigenvalue weighted by Crippen LogP contribution is 2.32. The Bertz CT molecular complexity index is 1400. The number of hydrogen-bond acceptors (Lipinski definition) is 9. The number of ether oxygens (including phenoxy) is 2. The number of carbonyl (C=O) groups excluding carboxylic acids is 1. The summed E-state index contributed by atoms with van der Waals surface area (Å²) in [5, 5.41) is 11.6. The molecular weight excluding hydrogens is 480 g/mol. The van der Waals surface area contributed by atoms with Crippen molar-refractivity contribution in [3.8, 4) is 22.1 Å². The average Bonchev–Trinajstić information content (AvgIpc) is 3.27. The van der Waals surface area contributed by atoms with Gasteiger partial charge in [0, 0.05) is 42.3 Å². The van der Waals surface area contributed by atoms with Crippen LogP contribution in [-0.2, 0) is 13.7 Å². The van der Waals surface area contributed by atoms with Crippen LogP contribution in [0.2, 0.25) is 5.02 Å². The standard InChI is InChI=1S/C22H19ClN6O4S/c1-12-6-15(18(32-3)9-24-12)17-10-29(2)19(30)7-16(17)20(31)26-21-27-28-22(34-21)33-11-14-5-4-13(23)8-25-14/h4-10H,11H2,1-3H3,(H,26,27,31). The van der Waals surface area contributed by atoms with E-state index >= 15 is 0 Å². The molecule has 4 heterocycles. The van der Waals surface area contributed by atoms with Crippen molar-refractivity contribution in [1.29, 1.82) is 0 Å². The number of amides is 1. The molecule has 0 saturated heterocycles. The number of nitrogens with one attached hydrogen (secondary N) is 1. The zero-order valence-corrected chi connectivity index (χ0v) is 20.0. The van der Waals surface area contributed by atoms with E-state index in [0.717, 1.165) is 17.0 Å². The number of carbonyl (C=O) groups is 1. The van der Waals surface area contributed by atoms with E-state index in [1.54, 1.807) is 37.6 Å². The summed E-state index contributed by atoms with van der Waals surface area (Å²) in [6.45, 7) is 1.99. The number of pyridine rings is 3. The second kappa shape index (κ2) is 9.98. The Hall–Kier alpha value is -3.83. The Balaban J connectivity index is 1.57. The minimum Gasteiger partial charge on any atom is -0.494 e. The number of hydrogen-bond donors (Lipinski definition) is 1. The molecule has 4 rings (SSSR count). The molecule has 0 spiro atoms. The summed E-state index contributed by atoms with van der Waals surface area (Å²) in [4.78, 5) is 33.8. The predicted molar refractivity (Wildman–Crippen MR) is 128 cm³/mol. The van der Waals surface area contributed by atoms with Gasteiger partial charge in [-0.05, 0) is 36.5 Å². The number of aryl methyl sites for hydroxylation is 2. The van der Waals surface area contributed by atoms with E-state index in [0.29, 0.717) is 27.6 Å². The fourth-order valence-corrected chi connectivity index (χ4v) is 3.77. The summed E-state index contributed by atoms with van der Waals surface area (Å²) in [7, 11) is 3.12. The van der Waals surface area contributed by atoms with Gasteiger partial charge in [-0.3, -0.25) is 24.9 Å². The van der Waals surface area contributed by atoms with Gasteiger partial charge in [-0.25, -0.2) is 0 Å². The largest absolute Gasteiger partial charge is 0.494 e. The molecule has 0 saturated carbocycles. The van der Waals surface area contributed by atoms with E-state index in [1.165, 1.54) is 23.9 Å². The molecule has 1 N–H and O–H groups in total. The number of aromatic nitrogens is 5. The minimum atomic E-state index is -0.522. The minimum absolute atomic E-state index is 0.162. The lowest BCUT2D eigenvalue weighted by Gasteiger charge is -2.14. The van der Waals surface area contributed by atoms with E-state index in [9.17, 15) is 9.59 Å². The molecule has 0 atom stereocenters. The molecule has 0 bridgehead atoms. The van der Waals surface area contributed by atoms with Gasteiger partial charge in [0.25, 0.3) is 16.7 Å². The number of rotatable bonds is 7. The third-order valence-electron chi connectivity index (χ3n) is 4.75. The smallest absolute Gasteiger partial charge is 0.296 e. The van der Waals surface area contributed by atoms with Crippen LogP contribution in [0.5, 0.6) is 10.9 Å². The molecule has 1 amide bonds. The van der Waals surface area contributed by atoms with Gasteiger partial charge in [-0.1, -0.05) is 16.7 Å². The Labute approximate surface area is 203 Å². The lowest BCUT2D eigenvalue weighted by Crippen LogP contribution is -2.21. The van der Waals surface area contributed by atoms with Crippen LogP contribution in [0.1, 0.15) is 21.7 Å². The second-order valence-corrected chi connectivity index (χ2v) is 8.54. The quantitative estimate of drug-likeness (QED) is 0.411. The molecule has 174 valence electrons. The normalized spacial score (nSPS) is 10.7. The van der Waals surface area contributed by atoms with E-state index < -0.39 is 5.91 Å². The summed E-state index contributed by atoms with van der Waals surface area (Å²) < 4.78 is 12.4. The second-order valence-electron chi connectivity index (χ2n) is 7.16. The van der Waals surface area contributed by atoms with Crippen molar-refractivity contribution >= 4 is 34.0 Å². The van der Waals surface area contributed by atoms with Gasteiger partial charge in [-0.2, -0.15) is 0 Å². The third kappa shape index (κ3) is 5.21. The van der Waals surface area contributed by atoms with Crippen molar-refractivity contribution in [2.24, 2.45) is 7.05 Å². The van der Waals surface area contributed by atoms with Gasteiger partial charge in [0.15, 0.2) is 0 Å². The topological polar surface area (TPSA) is 121 Å². The highest BCUT2D eigenvalue weighted by Gasteiger charge is 2.20. The zero-order chi connectivity index (χ0) is 24.2. The fraction of sp³-hybridized carbons (Fsp3) is 0.182. The molecule has 4 aromatic rings. The van der Waals surface area contributed by atoms with E-state index in [-0.39, 0.29) is 28.1 Å². The summed E-state index contributed by atoms with van der Waals surface area (Å²) in [6.07, 6.45) is 4.68. The summed E-state index contributed by atoms with van der Waals surface area (Å²) in [5.41, 5.74) is 2.36. The van der Waals surface area contributed by atoms with Gasteiger partial charge in [-0.15, -0.1) is 5.10 Å². The van der Waals surface area contributed by atoms with E-state index in [4.69, 9.17) is 21.1 Å². The first kappa shape index (κ1) is 23.3. The molecule has 34 heavy (non-hydrogen) atoms. The number of anilines is 1. The van der Waals surface area contributed by atoms with Crippen molar-refractivity contribution in [2.75, 3.05) is 12.4 Å². The summed E-state index contributed by atoms with van der Waals surface area (Å²) >= 11 is 6.88. The monoisotopic (exact) mass is 498 g/mol. The van der Waals surface area contributed by atoms with Gasteiger partial charge < -0.3 is 14.0 Å². The molecule has 12 heteroatoms. The van der Waals surface area contributed by atoms with E-state index in [2.05, 4.69) is 25.5 Å². The zero-order valence-electron chi connectivity index (χ0n) is 18.4. The molecule has 0 unspecified atom stereocenters. The lowest BCUT2D eigenvalue weighted by atomic mass is 10.0. The maximum atomic E-state index is 13.1. The van der Waals surface area contributed by atoms with Crippen molar-refractivity contribution in [3.05, 3.63) is 75.2 Å². The van der Waals surface area contributed by atoms with Gasteiger partial charge in [0.05, 0.1) is 29.6 Å². The molecule has 0 aliphatic heterocycles. The lowest BCUT2D eigenvalue weighted by molar-refractivity contribution is 0.102. The third-order valence-corrected chi connectivity index (χ3v) is 5.72. The van der Waals surface area contributed by atoms with Crippen molar-refractivity contribution in [2.45, 2.75) is 13.5 Å². The molecule has 0 fully saturated rings. The van der Waals surface area contributed by atoms with Crippen LogP contribution < -0.4 is 20.3 Å². The maximum Gasteiger partial charge on any atom is 0.296 e. The van der Waals surface area contributed by atoms with E-state index in [1.807, 2.05) is 6.92 Å². The van der Waals surface area contributed by atoms with Crippen LogP contribution in [0, 0.1) is 6.92 Å². The molecule has 4 aromatic heterocycles. The first-order valence-corrected chi connectivity index (χ1v) is 11.1. The van der Waals surface area contributed by atoms with Crippen LogP contribution in [0.3, 0.4) is 0 Å². The Morgan fingerprint density at radius 3 is 2.74 bits per heavy atom. The molecule has 10 nitrogen and oxygen atoms in total. The van der Waals surface area contributed by atoms with Crippen molar-refractivity contribution in [1.82, 2.24) is 24.7 Å². The summed E-state index contributed by atoms with van der Waals surface area (Å²) in [6, 6.07) is 6.50. The molecule has 0 aliphatic carbocycles.